The molecule has 1 nitrogen and oxygen atoms in total. The average molecular weight is 231 g/mol. The first kappa shape index (κ1) is 11.2. The largest absolute Gasteiger partial charge is 0.391 e. The average Bonchev–Trinajstić information content (AvgIpc) is 2.58. The van der Waals surface area contributed by atoms with Crippen LogP contribution < -0.4 is 5.73 Å². The fourth-order valence-electron chi connectivity index (χ4n) is 1.84. The zero-order valence-corrected chi connectivity index (χ0v) is 10.8. The molecule has 0 aliphatic heterocycles. The molecular formula is C14H17NS. The number of hydrogen-bond donors (Lipinski definition) is 1. The second kappa shape index (κ2) is 4.30. The molecule has 1 aromatic heterocycles. The molecule has 0 unspecified atom stereocenters. The van der Waals surface area contributed by atoms with Crippen LogP contribution in [0.5, 0.6) is 0 Å². The molecule has 0 amide bonds. The molecule has 2 rings (SSSR count). The summed E-state index contributed by atoms with van der Waals surface area (Å²) in [5, 5.41) is 0.889. The Hall–Kier alpha value is -1.28. The van der Waals surface area contributed by atoms with Crippen molar-refractivity contribution in [3.8, 4) is 11.1 Å². The van der Waals surface area contributed by atoms with Crippen LogP contribution in [0, 0.1) is 6.92 Å². The number of rotatable bonds is 2. The Kier molecular flexibility index (Phi) is 3.01. The van der Waals surface area contributed by atoms with Gasteiger partial charge in [-0.2, -0.15) is 0 Å². The summed E-state index contributed by atoms with van der Waals surface area (Å²) in [6.07, 6.45) is 0. The lowest BCUT2D eigenvalue weighted by Gasteiger charge is -2.06. The van der Waals surface area contributed by atoms with Crippen molar-refractivity contribution >= 4 is 16.3 Å². The quantitative estimate of drug-likeness (QED) is 0.813. The van der Waals surface area contributed by atoms with Gasteiger partial charge in [-0.1, -0.05) is 38.1 Å². The normalized spacial score (nSPS) is 11.0. The monoisotopic (exact) mass is 231 g/mol. The van der Waals surface area contributed by atoms with Crippen molar-refractivity contribution in [2.45, 2.75) is 26.7 Å². The van der Waals surface area contributed by atoms with Crippen LogP contribution >= 0.6 is 11.3 Å². The van der Waals surface area contributed by atoms with Gasteiger partial charge in [0.2, 0.25) is 0 Å². The fraction of sp³-hybridized carbons (Fsp3) is 0.286. The van der Waals surface area contributed by atoms with Crippen molar-refractivity contribution < 1.29 is 0 Å². The van der Waals surface area contributed by atoms with Gasteiger partial charge in [0.15, 0.2) is 0 Å². The van der Waals surface area contributed by atoms with E-state index in [-0.39, 0.29) is 0 Å². The van der Waals surface area contributed by atoms with E-state index in [1.165, 1.54) is 21.6 Å². The summed E-state index contributed by atoms with van der Waals surface area (Å²) in [5.74, 6) is 0.586. The number of anilines is 1. The Morgan fingerprint density at radius 2 is 1.75 bits per heavy atom. The van der Waals surface area contributed by atoms with Gasteiger partial charge >= 0.3 is 0 Å². The second-order valence-corrected chi connectivity index (χ2v) is 5.68. The Balaban J connectivity index is 2.38. The highest BCUT2D eigenvalue weighted by molar-refractivity contribution is 7.16. The van der Waals surface area contributed by atoms with Crippen LogP contribution in [0.1, 0.15) is 30.2 Å². The highest BCUT2D eigenvalue weighted by Gasteiger charge is 2.06. The summed E-state index contributed by atoms with van der Waals surface area (Å²) in [7, 11) is 0. The van der Waals surface area contributed by atoms with Gasteiger partial charge in [0.1, 0.15) is 0 Å². The van der Waals surface area contributed by atoms with Crippen molar-refractivity contribution in [1.29, 1.82) is 0 Å². The molecule has 0 aliphatic rings. The zero-order chi connectivity index (χ0) is 11.7. The van der Waals surface area contributed by atoms with Gasteiger partial charge < -0.3 is 5.73 Å². The van der Waals surface area contributed by atoms with Gasteiger partial charge in [-0.15, -0.1) is 11.3 Å². The van der Waals surface area contributed by atoms with E-state index < -0.39 is 0 Å². The highest BCUT2D eigenvalue weighted by Crippen LogP contribution is 2.32. The SMILES string of the molecule is Cc1sc(N)cc1-c1ccc(C(C)C)cc1. The molecule has 84 valence electrons. The predicted molar refractivity (Wildman–Crippen MR) is 73.0 cm³/mol. The third-order valence-electron chi connectivity index (χ3n) is 2.83. The minimum atomic E-state index is 0.586. The Morgan fingerprint density at radius 1 is 1.12 bits per heavy atom. The summed E-state index contributed by atoms with van der Waals surface area (Å²) in [5.41, 5.74) is 9.71. The smallest absolute Gasteiger partial charge is 0.0865 e. The van der Waals surface area contributed by atoms with Crippen LogP contribution in [0.2, 0.25) is 0 Å². The molecule has 2 heteroatoms. The van der Waals surface area contributed by atoms with E-state index in [9.17, 15) is 0 Å². The lowest BCUT2D eigenvalue weighted by molar-refractivity contribution is 0.867. The van der Waals surface area contributed by atoms with E-state index in [0.717, 1.165) is 5.00 Å². The first-order valence-electron chi connectivity index (χ1n) is 5.54. The van der Waals surface area contributed by atoms with Crippen molar-refractivity contribution in [2.75, 3.05) is 5.73 Å². The van der Waals surface area contributed by atoms with Crippen LogP contribution in [0.15, 0.2) is 30.3 Å². The van der Waals surface area contributed by atoms with Crippen molar-refractivity contribution in [3.05, 3.63) is 40.8 Å². The van der Waals surface area contributed by atoms with E-state index in [0.29, 0.717) is 5.92 Å². The molecule has 0 fully saturated rings. The highest BCUT2D eigenvalue weighted by atomic mass is 32.1. The Morgan fingerprint density at radius 3 is 2.19 bits per heavy atom. The summed E-state index contributed by atoms with van der Waals surface area (Å²) in [6.45, 7) is 6.54. The van der Waals surface area contributed by atoms with E-state index in [1.54, 1.807) is 11.3 Å². The maximum atomic E-state index is 5.81. The summed E-state index contributed by atoms with van der Waals surface area (Å²) in [6, 6.07) is 10.8. The number of nitrogens with two attached hydrogens (primary N) is 1. The molecule has 0 saturated carbocycles. The second-order valence-electron chi connectivity index (χ2n) is 4.40. The lowest BCUT2D eigenvalue weighted by atomic mass is 9.99. The summed E-state index contributed by atoms with van der Waals surface area (Å²) in [4.78, 5) is 1.29. The molecule has 2 aromatic rings. The van der Waals surface area contributed by atoms with E-state index in [4.69, 9.17) is 5.73 Å². The van der Waals surface area contributed by atoms with Crippen LogP contribution in [-0.4, -0.2) is 0 Å². The molecular weight excluding hydrogens is 214 g/mol. The number of thiophene rings is 1. The maximum absolute atomic E-state index is 5.81. The molecule has 0 spiro atoms. The zero-order valence-electron chi connectivity index (χ0n) is 9.95. The molecule has 1 aromatic carbocycles. The van der Waals surface area contributed by atoms with Crippen LogP contribution in [0.25, 0.3) is 11.1 Å². The number of benzene rings is 1. The number of aryl methyl sites for hydroxylation is 1. The van der Waals surface area contributed by atoms with Gasteiger partial charge in [-0.05, 0) is 35.6 Å². The van der Waals surface area contributed by atoms with E-state index >= 15 is 0 Å². The van der Waals surface area contributed by atoms with Gasteiger partial charge in [-0.3, -0.25) is 0 Å². The molecule has 1 heterocycles. The van der Waals surface area contributed by atoms with E-state index in [2.05, 4.69) is 51.1 Å². The van der Waals surface area contributed by atoms with Crippen molar-refractivity contribution in [3.63, 3.8) is 0 Å². The third-order valence-corrected chi connectivity index (χ3v) is 3.70. The lowest BCUT2D eigenvalue weighted by Crippen LogP contribution is -1.86. The minimum absolute atomic E-state index is 0.586. The number of hydrogen-bond acceptors (Lipinski definition) is 2. The summed E-state index contributed by atoms with van der Waals surface area (Å²) < 4.78 is 0. The minimum Gasteiger partial charge on any atom is -0.391 e. The molecule has 0 atom stereocenters. The first-order valence-corrected chi connectivity index (χ1v) is 6.36. The number of nitrogen functional groups attached to an aromatic ring is 1. The van der Waals surface area contributed by atoms with Gasteiger partial charge in [0.05, 0.1) is 5.00 Å². The molecule has 0 aliphatic carbocycles. The van der Waals surface area contributed by atoms with E-state index in [1.807, 2.05) is 0 Å². The van der Waals surface area contributed by atoms with Gasteiger partial charge in [0.25, 0.3) is 0 Å². The van der Waals surface area contributed by atoms with Crippen molar-refractivity contribution in [1.82, 2.24) is 0 Å². The van der Waals surface area contributed by atoms with Gasteiger partial charge in [-0.25, -0.2) is 0 Å². The van der Waals surface area contributed by atoms with Gasteiger partial charge in [0, 0.05) is 4.88 Å². The van der Waals surface area contributed by atoms with Crippen LogP contribution in [0.4, 0.5) is 5.00 Å². The molecule has 0 radical (unpaired) electrons. The Labute approximate surface area is 101 Å². The van der Waals surface area contributed by atoms with Crippen LogP contribution in [-0.2, 0) is 0 Å². The Bertz CT molecular complexity index is 480. The predicted octanol–water partition coefficient (Wildman–Crippen LogP) is 4.43. The fourth-order valence-corrected chi connectivity index (χ4v) is 2.66. The standard InChI is InChI=1S/C14H17NS/c1-9(2)11-4-6-12(7-5-11)13-8-14(15)16-10(13)3/h4-9H,15H2,1-3H3. The third kappa shape index (κ3) is 2.12. The molecule has 0 saturated heterocycles. The maximum Gasteiger partial charge on any atom is 0.0865 e. The van der Waals surface area contributed by atoms with Crippen molar-refractivity contribution in [2.24, 2.45) is 0 Å². The first-order chi connectivity index (χ1) is 7.58. The van der Waals surface area contributed by atoms with Crippen LogP contribution in [0.3, 0.4) is 0 Å². The molecule has 16 heavy (non-hydrogen) atoms. The summed E-state index contributed by atoms with van der Waals surface area (Å²) >= 11 is 1.65. The molecule has 0 bridgehead atoms. The topological polar surface area (TPSA) is 26.0 Å². The molecule has 2 N–H and O–H groups in total.